The molecule has 1 aliphatic rings. The number of aromatic nitrogens is 1. The molecule has 1 aliphatic heterocycles. The number of carbonyl (C=O) groups is 1. The molecule has 4 rings (SSSR count). The van der Waals surface area contributed by atoms with Crippen LogP contribution < -0.4 is 20.5 Å². The summed E-state index contributed by atoms with van der Waals surface area (Å²) in [4.78, 5) is 23.8. The number of fused-ring (bicyclic) bond motifs is 2. The van der Waals surface area contributed by atoms with E-state index >= 15 is 0 Å². The van der Waals surface area contributed by atoms with Gasteiger partial charge in [-0.3, -0.25) is 9.36 Å². The molecule has 7 heteroatoms. The Balaban J connectivity index is 1.63. The maximum atomic E-state index is 12.3. The Morgan fingerprint density at radius 1 is 1.13 bits per heavy atom. The van der Waals surface area contributed by atoms with Gasteiger partial charge in [-0.15, -0.1) is 0 Å². The normalized spacial score (nSPS) is 12.6. The van der Waals surface area contributed by atoms with E-state index in [1.807, 2.05) is 0 Å². The summed E-state index contributed by atoms with van der Waals surface area (Å²) < 4.78 is 17.0. The van der Waals surface area contributed by atoms with E-state index in [1.54, 1.807) is 43.4 Å². The van der Waals surface area contributed by atoms with E-state index in [0.29, 0.717) is 33.8 Å². The molecule has 3 aromatic rings. The highest BCUT2D eigenvalue weighted by molar-refractivity contribution is 6.05. The molecule has 0 radical (unpaired) electrons. The molecule has 0 saturated heterocycles. The van der Waals surface area contributed by atoms with Gasteiger partial charge in [0.05, 0.1) is 5.52 Å². The van der Waals surface area contributed by atoms with Gasteiger partial charge in [-0.05, 0) is 30.3 Å². The van der Waals surface area contributed by atoms with Crippen LogP contribution in [-0.4, -0.2) is 17.3 Å². The third-order valence-electron chi connectivity index (χ3n) is 3.68. The molecule has 0 saturated carbocycles. The van der Waals surface area contributed by atoms with Gasteiger partial charge in [0, 0.05) is 24.4 Å². The summed E-state index contributed by atoms with van der Waals surface area (Å²) in [5, 5.41) is 2.77. The van der Waals surface area contributed by atoms with Crippen LogP contribution in [0.4, 0.5) is 5.69 Å². The average molecular weight is 312 g/mol. The molecule has 0 spiro atoms. The Labute approximate surface area is 130 Å². The van der Waals surface area contributed by atoms with Crippen molar-refractivity contribution in [2.75, 3.05) is 12.1 Å². The number of amides is 1. The third kappa shape index (κ3) is 2.22. The molecule has 0 atom stereocenters. The van der Waals surface area contributed by atoms with Gasteiger partial charge in [-0.2, -0.15) is 0 Å². The fraction of sp³-hybridized carbons (Fsp3) is 0.125. The van der Waals surface area contributed by atoms with Crippen LogP contribution in [-0.2, 0) is 7.05 Å². The van der Waals surface area contributed by atoms with E-state index < -0.39 is 5.76 Å². The van der Waals surface area contributed by atoms with Crippen molar-refractivity contribution in [3.05, 3.63) is 52.5 Å². The maximum Gasteiger partial charge on any atom is 0.419 e. The van der Waals surface area contributed by atoms with E-state index in [1.165, 1.54) is 4.57 Å². The van der Waals surface area contributed by atoms with Gasteiger partial charge < -0.3 is 19.2 Å². The first-order chi connectivity index (χ1) is 11.1. The van der Waals surface area contributed by atoms with E-state index in [4.69, 9.17) is 13.9 Å². The second-order valence-corrected chi connectivity index (χ2v) is 5.13. The molecule has 0 fully saturated rings. The molecule has 2 aromatic carbocycles. The van der Waals surface area contributed by atoms with Gasteiger partial charge >= 0.3 is 5.76 Å². The number of carbonyl (C=O) groups excluding carboxylic acids is 1. The molecular formula is C16H12N2O5. The van der Waals surface area contributed by atoms with Crippen LogP contribution in [0.2, 0.25) is 0 Å². The van der Waals surface area contributed by atoms with E-state index in [9.17, 15) is 9.59 Å². The Hall–Kier alpha value is -3.22. The number of rotatable bonds is 2. The van der Waals surface area contributed by atoms with Gasteiger partial charge in [-0.1, -0.05) is 0 Å². The Kier molecular flexibility index (Phi) is 2.87. The van der Waals surface area contributed by atoms with Gasteiger partial charge in [0.15, 0.2) is 17.1 Å². The van der Waals surface area contributed by atoms with Crippen molar-refractivity contribution in [3.63, 3.8) is 0 Å². The zero-order chi connectivity index (χ0) is 16.0. The zero-order valence-corrected chi connectivity index (χ0v) is 12.2. The van der Waals surface area contributed by atoms with Crippen LogP contribution in [0.3, 0.4) is 0 Å². The van der Waals surface area contributed by atoms with Gasteiger partial charge in [0.1, 0.15) is 0 Å². The summed E-state index contributed by atoms with van der Waals surface area (Å²) >= 11 is 0. The van der Waals surface area contributed by atoms with Crippen molar-refractivity contribution < 1.29 is 18.7 Å². The number of benzene rings is 2. The number of nitrogens with one attached hydrogen (secondary N) is 1. The highest BCUT2D eigenvalue weighted by atomic mass is 16.7. The summed E-state index contributed by atoms with van der Waals surface area (Å²) in [7, 11) is 1.61. The molecule has 2 heterocycles. The number of ether oxygens (including phenoxy) is 2. The van der Waals surface area contributed by atoms with Crippen molar-refractivity contribution >= 4 is 22.7 Å². The van der Waals surface area contributed by atoms with E-state index in [2.05, 4.69) is 5.32 Å². The van der Waals surface area contributed by atoms with Gasteiger partial charge in [-0.25, -0.2) is 4.79 Å². The Bertz CT molecular complexity index is 986. The van der Waals surface area contributed by atoms with Crippen molar-refractivity contribution in [1.29, 1.82) is 0 Å². The minimum Gasteiger partial charge on any atom is -0.454 e. The molecular weight excluding hydrogens is 300 g/mol. The molecule has 0 aliphatic carbocycles. The quantitative estimate of drug-likeness (QED) is 0.783. The summed E-state index contributed by atoms with van der Waals surface area (Å²) in [6.07, 6.45) is 0. The number of nitrogens with zero attached hydrogens (tertiary/aromatic N) is 1. The lowest BCUT2D eigenvalue weighted by Crippen LogP contribution is -2.11. The lowest BCUT2D eigenvalue weighted by atomic mass is 10.2. The van der Waals surface area contributed by atoms with Crippen molar-refractivity contribution in [1.82, 2.24) is 4.57 Å². The topological polar surface area (TPSA) is 82.7 Å². The highest BCUT2D eigenvalue weighted by Gasteiger charge is 2.15. The van der Waals surface area contributed by atoms with Crippen LogP contribution in [0, 0.1) is 0 Å². The fourth-order valence-electron chi connectivity index (χ4n) is 2.45. The second-order valence-electron chi connectivity index (χ2n) is 5.13. The predicted octanol–water partition coefficient (Wildman–Crippen LogP) is 2.11. The molecule has 1 aromatic heterocycles. The average Bonchev–Trinajstić information content (AvgIpc) is 3.11. The SMILES string of the molecule is Cn1c(=O)oc2cc(C(=O)Nc3ccc4c(c3)OCO4)ccc21. The first-order valence-electron chi connectivity index (χ1n) is 6.92. The fourth-order valence-corrected chi connectivity index (χ4v) is 2.45. The number of oxazole rings is 1. The first-order valence-corrected chi connectivity index (χ1v) is 6.92. The molecule has 7 nitrogen and oxygen atoms in total. The molecule has 23 heavy (non-hydrogen) atoms. The lowest BCUT2D eigenvalue weighted by Gasteiger charge is -2.06. The monoisotopic (exact) mass is 312 g/mol. The highest BCUT2D eigenvalue weighted by Crippen LogP contribution is 2.34. The van der Waals surface area contributed by atoms with Crippen LogP contribution >= 0.6 is 0 Å². The zero-order valence-electron chi connectivity index (χ0n) is 12.2. The molecule has 1 amide bonds. The smallest absolute Gasteiger partial charge is 0.419 e. The number of anilines is 1. The van der Waals surface area contributed by atoms with Crippen molar-refractivity contribution in [2.24, 2.45) is 7.05 Å². The molecule has 0 bridgehead atoms. The number of hydrogen-bond donors (Lipinski definition) is 1. The van der Waals surface area contributed by atoms with Crippen molar-refractivity contribution in [2.45, 2.75) is 0 Å². The molecule has 116 valence electrons. The Morgan fingerprint density at radius 3 is 2.83 bits per heavy atom. The number of hydrogen-bond acceptors (Lipinski definition) is 5. The summed E-state index contributed by atoms with van der Waals surface area (Å²) in [5.74, 6) is 0.466. The second kappa shape index (κ2) is 4.91. The number of aryl methyl sites for hydroxylation is 1. The van der Waals surface area contributed by atoms with Crippen LogP contribution in [0.5, 0.6) is 11.5 Å². The van der Waals surface area contributed by atoms with Crippen LogP contribution in [0.15, 0.2) is 45.6 Å². The van der Waals surface area contributed by atoms with Crippen molar-refractivity contribution in [3.8, 4) is 11.5 Å². The minimum atomic E-state index is -0.465. The van der Waals surface area contributed by atoms with E-state index in [-0.39, 0.29) is 12.7 Å². The van der Waals surface area contributed by atoms with Crippen LogP contribution in [0.25, 0.3) is 11.1 Å². The minimum absolute atomic E-state index is 0.177. The predicted molar refractivity (Wildman–Crippen MR) is 82.0 cm³/mol. The lowest BCUT2D eigenvalue weighted by molar-refractivity contribution is 0.102. The van der Waals surface area contributed by atoms with Crippen LogP contribution in [0.1, 0.15) is 10.4 Å². The third-order valence-corrected chi connectivity index (χ3v) is 3.68. The van der Waals surface area contributed by atoms with E-state index in [0.717, 1.165) is 0 Å². The summed E-state index contributed by atoms with van der Waals surface area (Å²) in [5.41, 5.74) is 1.99. The molecule has 0 unspecified atom stereocenters. The first kappa shape index (κ1) is 13.4. The molecule has 1 N–H and O–H groups in total. The Morgan fingerprint density at radius 2 is 1.96 bits per heavy atom. The summed E-state index contributed by atoms with van der Waals surface area (Å²) in [6, 6.07) is 10.0. The maximum absolute atomic E-state index is 12.3. The standard InChI is InChI=1S/C16H12N2O5/c1-18-11-4-2-9(6-13(11)23-16(18)20)15(19)17-10-3-5-12-14(7-10)22-8-21-12/h2-7H,8H2,1H3,(H,17,19). The largest absolute Gasteiger partial charge is 0.454 e. The summed E-state index contributed by atoms with van der Waals surface area (Å²) in [6.45, 7) is 0.177. The van der Waals surface area contributed by atoms with Gasteiger partial charge in [0.2, 0.25) is 6.79 Å². The van der Waals surface area contributed by atoms with Gasteiger partial charge in [0.25, 0.3) is 5.91 Å².